The predicted molar refractivity (Wildman–Crippen MR) is 97.2 cm³/mol. The highest BCUT2D eigenvalue weighted by Gasteiger charge is 2.19. The molecule has 0 bridgehead atoms. The quantitative estimate of drug-likeness (QED) is 0.443. The number of thiophene rings is 1. The fraction of sp³-hybridized carbons (Fsp3) is 0.400. The van der Waals surface area contributed by atoms with Gasteiger partial charge in [0.2, 0.25) is 0 Å². The van der Waals surface area contributed by atoms with Crippen molar-refractivity contribution >= 4 is 31.5 Å². The lowest BCUT2D eigenvalue weighted by atomic mass is 9.90. The van der Waals surface area contributed by atoms with Gasteiger partial charge in [-0.2, -0.15) is 0 Å². The largest absolute Gasteiger partial charge is 0.135 e. The summed E-state index contributed by atoms with van der Waals surface area (Å²) in [5.74, 6) is 0. The maximum absolute atomic E-state index is 2.29. The van der Waals surface area contributed by atoms with Crippen molar-refractivity contribution in [2.75, 3.05) is 0 Å². The van der Waals surface area contributed by atoms with Crippen LogP contribution in [0.4, 0.5) is 0 Å². The average Bonchev–Trinajstić information content (AvgIpc) is 2.87. The first-order valence-corrected chi connectivity index (χ1v) is 8.47. The molecular formula is C20H24S. The van der Waals surface area contributed by atoms with Crippen molar-refractivity contribution < 1.29 is 0 Å². The van der Waals surface area contributed by atoms with E-state index in [9.17, 15) is 0 Å². The van der Waals surface area contributed by atoms with E-state index in [1.165, 1.54) is 64.7 Å². The highest BCUT2D eigenvalue weighted by Crippen LogP contribution is 2.44. The molecule has 0 aliphatic carbocycles. The van der Waals surface area contributed by atoms with E-state index in [0.29, 0.717) is 0 Å². The minimum atomic E-state index is 1.45. The summed E-state index contributed by atoms with van der Waals surface area (Å²) in [5, 5.41) is 3.00. The molecule has 110 valence electrons. The molecule has 0 fully saturated rings. The Balaban J connectivity index is 2.73. The molecule has 0 aliphatic heterocycles. The Kier molecular flexibility index (Phi) is 3.18. The van der Waals surface area contributed by atoms with E-state index in [1.54, 1.807) is 0 Å². The number of hydrogen-bond acceptors (Lipinski definition) is 1. The van der Waals surface area contributed by atoms with E-state index in [-0.39, 0.29) is 0 Å². The molecule has 0 amide bonds. The highest BCUT2D eigenvalue weighted by atomic mass is 32.1. The fourth-order valence-corrected chi connectivity index (χ4v) is 5.05. The van der Waals surface area contributed by atoms with Gasteiger partial charge in [-0.3, -0.25) is 0 Å². The van der Waals surface area contributed by atoms with Crippen LogP contribution in [0.3, 0.4) is 0 Å². The lowest BCUT2D eigenvalue weighted by molar-refractivity contribution is 1.25. The molecule has 0 spiro atoms. The van der Waals surface area contributed by atoms with E-state index >= 15 is 0 Å². The second-order valence-corrected chi connectivity index (χ2v) is 7.53. The third-order valence-electron chi connectivity index (χ3n) is 5.71. The van der Waals surface area contributed by atoms with Crippen LogP contribution in [0.2, 0.25) is 0 Å². The van der Waals surface area contributed by atoms with Crippen LogP contribution in [0.25, 0.3) is 20.2 Å². The van der Waals surface area contributed by atoms with Gasteiger partial charge in [-0.25, -0.2) is 0 Å². The van der Waals surface area contributed by atoms with Crippen molar-refractivity contribution in [2.24, 2.45) is 0 Å². The number of benzene rings is 2. The molecule has 3 aromatic rings. The lowest BCUT2D eigenvalue weighted by Crippen LogP contribution is -1.94. The van der Waals surface area contributed by atoms with Gasteiger partial charge in [-0.15, -0.1) is 11.3 Å². The van der Waals surface area contributed by atoms with Gasteiger partial charge in [0.15, 0.2) is 0 Å². The van der Waals surface area contributed by atoms with E-state index in [0.717, 1.165) is 0 Å². The zero-order chi connectivity index (χ0) is 15.6. The number of fused-ring (bicyclic) bond motifs is 3. The molecule has 1 heteroatoms. The van der Waals surface area contributed by atoms with E-state index in [4.69, 9.17) is 0 Å². The SMILES string of the molecule is Cc1c(C)c(C)c2c(sc3c(C)c(C)c(C)c(C)c32)c1C. The fourth-order valence-electron chi connectivity index (χ4n) is 3.52. The van der Waals surface area contributed by atoms with Crippen LogP contribution in [0.5, 0.6) is 0 Å². The van der Waals surface area contributed by atoms with Crippen LogP contribution in [-0.4, -0.2) is 0 Å². The van der Waals surface area contributed by atoms with Crippen molar-refractivity contribution in [3.63, 3.8) is 0 Å². The van der Waals surface area contributed by atoms with Gasteiger partial charge in [-0.05, 0) is 99.9 Å². The predicted octanol–water partition coefficient (Wildman–Crippen LogP) is 6.52. The summed E-state index contributed by atoms with van der Waals surface area (Å²) in [5.41, 5.74) is 11.7. The van der Waals surface area contributed by atoms with Gasteiger partial charge in [-0.1, -0.05) is 0 Å². The molecule has 0 aliphatic rings. The second kappa shape index (κ2) is 4.58. The summed E-state index contributed by atoms with van der Waals surface area (Å²) >= 11 is 1.99. The molecule has 3 rings (SSSR count). The third kappa shape index (κ3) is 1.73. The Morgan fingerprint density at radius 2 is 0.667 bits per heavy atom. The number of aryl methyl sites for hydroxylation is 4. The molecule has 0 saturated carbocycles. The van der Waals surface area contributed by atoms with E-state index in [1.807, 2.05) is 11.3 Å². The maximum Gasteiger partial charge on any atom is 0.0390 e. The van der Waals surface area contributed by atoms with Crippen LogP contribution >= 0.6 is 11.3 Å². The third-order valence-corrected chi connectivity index (χ3v) is 7.14. The van der Waals surface area contributed by atoms with E-state index in [2.05, 4.69) is 55.4 Å². The van der Waals surface area contributed by atoms with Crippen molar-refractivity contribution in [2.45, 2.75) is 55.4 Å². The van der Waals surface area contributed by atoms with Gasteiger partial charge in [0.05, 0.1) is 0 Å². The van der Waals surface area contributed by atoms with Crippen LogP contribution in [-0.2, 0) is 0 Å². The Morgan fingerprint density at radius 1 is 0.381 bits per heavy atom. The lowest BCUT2D eigenvalue weighted by Gasteiger charge is -2.13. The molecule has 21 heavy (non-hydrogen) atoms. The minimum absolute atomic E-state index is 1.45. The molecule has 0 atom stereocenters. The van der Waals surface area contributed by atoms with Crippen LogP contribution in [0.1, 0.15) is 44.5 Å². The number of hydrogen-bond donors (Lipinski definition) is 0. The summed E-state index contributed by atoms with van der Waals surface area (Å²) in [7, 11) is 0. The Morgan fingerprint density at radius 3 is 1.00 bits per heavy atom. The van der Waals surface area contributed by atoms with Gasteiger partial charge in [0, 0.05) is 20.2 Å². The smallest absolute Gasteiger partial charge is 0.0390 e. The summed E-state index contributed by atoms with van der Waals surface area (Å²) < 4.78 is 2.98. The second-order valence-electron chi connectivity index (χ2n) is 6.51. The monoisotopic (exact) mass is 296 g/mol. The normalized spacial score (nSPS) is 11.8. The molecule has 2 aromatic carbocycles. The molecule has 1 heterocycles. The molecule has 1 aromatic heterocycles. The Bertz CT molecular complexity index is 833. The van der Waals surface area contributed by atoms with Gasteiger partial charge < -0.3 is 0 Å². The van der Waals surface area contributed by atoms with Crippen molar-refractivity contribution in [3.05, 3.63) is 44.5 Å². The molecule has 0 radical (unpaired) electrons. The summed E-state index contributed by atoms with van der Waals surface area (Å²) in [6.45, 7) is 18.2. The first-order valence-electron chi connectivity index (χ1n) is 7.66. The minimum Gasteiger partial charge on any atom is -0.135 e. The van der Waals surface area contributed by atoms with Crippen LogP contribution in [0.15, 0.2) is 0 Å². The van der Waals surface area contributed by atoms with Crippen molar-refractivity contribution in [1.29, 1.82) is 0 Å². The van der Waals surface area contributed by atoms with Crippen molar-refractivity contribution in [1.82, 2.24) is 0 Å². The molecular weight excluding hydrogens is 272 g/mol. The topological polar surface area (TPSA) is 0 Å². The zero-order valence-electron chi connectivity index (χ0n) is 14.4. The average molecular weight is 296 g/mol. The van der Waals surface area contributed by atoms with Gasteiger partial charge >= 0.3 is 0 Å². The number of rotatable bonds is 0. The molecule has 0 nitrogen and oxygen atoms in total. The van der Waals surface area contributed by atoms with Gasteiger partial charge in [0.1, 0.15) is 0 Å². The van der Waals surface area contributed by atoms with Gasteiger partial charge in [0.25, 0.3) is 0 Å². The maximum atomic E-state index is 2.29. The van der Waals surface area contributed by atoms with Crippen molar-refractivity contribution in [3.8, 4) is 0 Å². The molecule has 0 unspecified atom stereocenters. The van der Waals surface area contributed by atoms with Crippen LogP contribution in [0, 0.1) is 55.4 Å². The first-order chi connectivity index (χ1) is 9.77. The summed E-state index contributed by atoms with van der Waals surface area (Å²) in [4.78, 5) is 0. The first kappa shape index (κ1) is 14.6. The Hall–Kier alpha value is -1.34. The standard InChI is InChI=1S/C20H24S/c1-9-11(3)15(7)19-17(13(9)5)18-14(6)10(2)12(4)16(8)20(18)21-19/h1-8H3. The molecule has 0 N–H and O–H groups in total. The van der Waals surface area contributed by atoms with E-state index < -0.39 is 0 Å². The summed E-state index contributed by atoms with van der Waals surface area (Å²) in [6.07, 6.45) is 0. The molecule has 0 saturated heterocycles. The van der Waals surface area contributed by atoms with Crippen LogP contribution < -0.4 is 0 Å². The Labute approximate surface area is 131 Å². The zero-order valence-corrected chi connectivity index (χ0v) is 15.2. The summed E-state index contributed by atoms with van der Waals surface area (Å²) in [6, 6.07) is 0. The highest BCUT2D eigenvalue weighted by molar-refractivity contribution is 7.26.